The van der Waals surface area contributed by atoms with Gasteiger partial charge in [-0.25, -0.2) is 0 Å². The van der Waals surface area contributed by atoms with Gasteiger partial charge in [0.1, 0.15) is 0 Å². The van der Waals surface area contributed by atoms with Crippen LogP contribution >= 0.6 is 11.6 Å². The van der Waals surface area contributed by atoms with Gasteiger partial charge in [0.2, 0.25) is 0 Å². The van der Waals surface area contributed by atoms with Crippen molar-refractivity contribution >= 4 is 11.6 Å². The fourth-order valence-electron chi connectivity index (χ4n) is 1.77. The molecule has 0 radical (unpaired) electrons. The van der Waals surface area contributed by atoms with Crippen LogP contribution in [0.4, 0.5) is 0 Å². The number of aryl methyl sites for hydroxylation is 1. The Morgan fingerprint density at radius 1 is 1.33 bits per heavy atom. The molecule has 0 unspecified atom stereocenters. The molecule has 0 spiro atoms. The van der Waals surface area contributed by atoms with Gasteiger partial charge in [-0.05, 0) is 42.5 Å². The van der Waals surface area contributed by atoms with E-state index in [0.717, 1.165) is 24.8 Å². The van der Waals surface area contributed by atoms with Gasteiger partial charge in [-0.2, -0.15) is 5.26 Å². The van der Waals surface area contributed by atoms with E-state index in [-0.39, 0.29) is 0 Å². The van der Waals surface area contributed by atoms with Gasteiger partial charge in [0.05, 0.1) is 11.6 Å². The van der Waals surface area contributed by atoms with Crippen LogP contribution in [-0.2, 0) is 12.8 Å². The molecule has 1 aromatic rings. The molecule has 1 aliphatic carbocycles. The number of halogens is 1. The Kier molecular flexibility index (Phi) is 1.78. The minimum Gasteiger partial charge on any atom is -0.192 e. The Morgan fingerprint density at radius 2 is 2.17 bits per heavy atom. The first-order valence-corrected chi connectivity index (χ1v) is 4.40. The van der Waals surface area contributed by atoms with Crippen LogP contribution in [0, 0.1) is 11.3 Å². The lowest BCUT2D eigenvalue weighted by atomic mass is 10.0. The van der Waals surface area contributed by atoms with Crippen LogP contribution in [0.3, 0.4) is 0 Å². The molecule has 1 aromatic carbocycles. The van der Waals surface area contributed by atoms with Crippen molar-refractivity contribution in [1.29, 1.82) is 5.26 Å². The molecule has 12 heavy (non-hydrogen) atoms. The summed E-state index contributed by atoms with van der Waals surface area (Å²) in [6, 6.07) is 5.92. The summed E-state index contributed by atoms with van der Waals surface area (Å²) >= 11 is 5.86. The largest absolute Gasteiger partial charge is 0.192 e. The summed E-state index contributed by atoms with van der Waals surface area (Å²) in [4.78, 5) is 0. The van der Waals surface area contributed by atoms with E-state index < -0.39 is 0 Å². The fourth-order valence-corrected chi connectivity index (χ4v) is 2.01. The number of fused-ring (bicyclic) bond motifs is 1. The molecule has 1 nitrogen and oxygen atoms in total. The van der Waals surface area contributed by atoms with E-state index in [4.69, 9.17) is 16.9 Å². The second-order valence-corrected chi connectivity index (χ2v) is 3.49. The number of rotatable bonds is 0. The van der Waals surface area contributed by atoms with Crippen molar-refractivity contribution in [3.63, 3.8) is 0 Å². The monoisotopic (exact) mass is 177 g/mol. The second kappa shape index (κ2) is 2.80. The highest BCUT2D eigenvalue weighted by atomic mass is 35.5. The topological polar surface area (TPSA) is 23.8 Å². The molecule has 0 amide bonds. The van der Waals surface area contributed by atoms with E-state index in [2.05, 4.69) is 6.07 Å². The number of hydrogen-bond donors (Lipinski definition) is 0. The van der Waals surface area contributed by atoms with Gasteiger partial charge in [0.15, 0.2) is 0 Å². The third-order valence-electron chi connectivity index (χ3n) is 2.30. The van der Waals surface area contributed by atoms with Crippen LogP contribution < -0.4 is 0 Å². The molecule has 2 heteroatoms. The van der Waals surface area contributed by atoms with Crippen molar-refractivity contribution in [2.75, 3.05) is 0 Å². The molecular formula is C10H8ClN. The molecule has 0 heterocycles. The number of hydrogen-bond acceptors (Lipinski definition) is 1. The van der Waals surface area contributed by atoms with E-state index in [1.165, 1.54) is 11.1 Å². The first-order valence-electron chi connectivity index (χ1n) is 4.02. The molecule has 0 N–H and O–H groups in total. The zero-order chi connectivity index (χ0) is 8.55. The summed E-state index contributed by atoms with van der Waals surface area (Å²) in [5.74, 6) is 0. The number of benzene rings is 1. The predicted octanol–water partition coefficient (Wildman–Crippen LogP) is 2.70. The Labute approximate surface area is 76.6 Å². The summed E-state index contributed by atoms with van der Waals surface area (Å²) in [5.41, 5.74) is 3.23. The van der Waals surface area contributed by atoms with Gasteiger partial charge in [0, 0.05) is 5.02 Å². The lowest BCUT2D eigenvalue weighted by Gasteiger charge is -2.01. The lowest BCUT2D eigenvalue weighted by Crippen LogP contribution is -1.87. The predicted molar refractivity (Wildman–Crippen MR) is 48.2 cm³/mol. The van der Waals surface area contributed by atoms with Crippen LogP contribution in [-0.4, -0.2) is 0 Å². The van der Waals surface area contributed by atoms with Gasteiger partial charge in [-0.15, -0.1) is 0 Å². The van der Waals surface area contributed by atoms with Crippen molar-refractivity contribution in [2.24, 2.45) is 0 Å². The quantitative estimate of drug-likeness (QED) is 0.598. The minimum atomic E-state index is 0.687. The average molecular weight is 178 g/mol. The third kappa shape index (κ3) is 1.09. The summed E-state index contributed by atoms with van der Waals surface area (Å²) < 4.78 is 0. The van der Waals surface area contributed by atoms with E-state index in [0.29, 0.717) is 5.02 Å². The fraction of sp³-hybridized carbons (Fsp3) is 0.300. The molecule has 1 aliphatic rings. The maximum Gasteiger partial charge on any atom is 0.0995 e. The zero-order valence-corrected chi connectivity index (χ0v) is 7.36. The molecule has 0 saturated heterocycles. The highest BCUT2D eigenvalue weighted by molar-refractivity contribution is 6.30. The van der Waals surface area contributed by atoms with E-state index in [1.54, 1.807) is 6.07 Å². The van der Waals surface area contributed by atoms with Crippen molar-refractivity contribution in [1.82, 2.24) is 0 Å². The van der Waals surface area contributed by atoms with Crippen LogP contribution in [0.15, 0.2) is 12.1 Å². The zero-order valence-electron chi connectivity index (χ0n) is 6.60. The molecular weight excluding hydrogens is 170 g/mol. The molecule has 0 aliphatic heterocycles. The van der Waals surface area contributed by atoms with Crippen LogP contribution in [0.5, 0.6) is 0 Å². The Morgan fingerprint density at radius 3 is 2.92 bits per heavy atom. The summed E-state index contributed by atoms with van der Waals surface area (Å²) in [5, 5.41) is 9.50. The van der Waals surface area contributed by atoms with Gasteiger partial charge >= 0.3 is 0 Å². The standard InChI is InChI=1S/C10H8ClN/c11-9-4-7-2-1-3-10(7)8(5-9)6-12/h4-5H,1-3H2. The third-order valence-corrected chi connectivity index (χ3v) is 2.52. The molecule has 2 rings (SSSR count). The SMILES string of the molecule is N#Cc1cc(Cl)cc2c1CCC2. The number of nitriles is 1. The van der Waals surface area contributed by atoms with Crippen LogP contribution in [0.25, 0.3) is 0 Å². The normalized spacial score (nSPS) is 14.0. The van der Waals surface area contributed by atoms with E-state index >= 15 is 0 Å². The Hall–Kier alpha value is -1.00. The summed E-state index contributed by atoms with van der Waals surface area (Å²) in [6.45, 7) is 0. The molecule has 0 atom stereocenters. The van der Waals surface area contributed by atoms with Crippen LogP contribution in [0.1, 0.15) is 23.1 Å². The molecule has 0 aromatic heterocycles. The summed E-state index contributed by atoms with van der Waals surface area (Å²) in [7, 11) is 0. The van der Waals surface area contributed by atoms with E-state index in [9.17, 15) is 0 Å². The molecule has 0 saturated carbocycles. The Bertz CT molecular complexity index is 363. The maximum atomic E-state index is 8.82. The first-order chi connectivity index (χ1) is 5.81. The highest BCUT2D eigenvalue weighted by Gasteiger charge is 2.15. The van der Waals surface area contributed by atoms with Gasteiger partial charge in [0.25, 0.3) is 0 Å². The van der Waals surface area contributed by atoms with Gasteiger partial charge in [-0.3, -0.25) is 0 Å². The number of nitrogens with zero attached hydrogens (tertiary/aromatic N) is 1. The smallest absolute Gasteiger partial charge is 0.0995 e. The highest BCUT2D eigenvalue weighted by Crippen LogP contribution is 2.28. The van der Waals surface area contributed by atoms with Crippen molar-refractivity contribution in [3.8, 4) is 6.07 Å². The molecule has 0 bridgehead atoms. The van der Waals surface area contributed by atoms with Gasteiger partial charge in [-0.1, -0.05) is 11.6 Å². The lowest BCUT2D eigenvalue weighted by molar-refractivity contribution is 0.911. The Balaban J connectivity index is 2.64. The van der Waals surface area contributed by atoms with Crippen molar-refractivity contribution in [3.05, 3.63) is 33.8 Å². The molecule has 0 fully saturated rings. The van der Waals surface area contributed by atoms with Gasteiger partial charge < -0.3 is 0 Å². The van der Waals surface area contributed by atoms with Crippen molar-refractivity contribution in [2.45, 2.75) is 19.3 Å². The summed E-state index contributed by atoms with van der Waals surface area (Å²) in [6.07, 6.45) is 3.27. The average Bonchev–Trinajstić information content (AvgIpc) is 2.50. The van der Waals surface area contributed by atoms with Crippen LogP contribution in [0.2, 0.25) is 5.02 Å². The first kappa shape index (κ1) is 7.64. The second-order valence-electron chi connectivity index (χ2n) is 3.06. The van der Waals surface area contributed by atoms with E-state index in [1.807, 2.05) is 6.07 Å². The maximum absolute atomic E-state index is 8.82. The van der Waals surface area contributed by atoms with Crippen molar-refractivity contribution < 1.29 is 0 Å². The molecule has 60 valence electrons. The minimum absolute atomic E-state index is 0.687.